The predicted octanol–water partition coefficient (Wildman–Crippen LogP) is 1.96. The maximum atomic E-state index is 12.5. The third-order valence-electron chi connectivity index (χ3n) is 5.66. The van der Waals surface area contributed by atoms with E-state index in [4.69, 9.17) is 4.74 Å². The Hall–Kier alpha value is -2.51. The standard InChI is InChI=1S/C22H28N2O5/c1-4-15-12-24(22(28)23-21(15)27)20-11-18(26)19(29-20)9-8-16(25)10-17-13(2)6-5-7-14(17)3/h5-7,12,18-20,26H,4,8-11H2,1-3H3,(H,23,27,28)/t18-,19+,20+/m0/s1. The summed E-state index contributed by atoms with van der Waals surface area (Å²) in [5.74, 6) is 0.0936. The summed E-state index contributed by atoms with van der Waals surface area (Å²) >= 11 is 0. The van der Waals surface area contributed by atoms with Gasteiger partial charge in [-0.05, 0) is 43.4 Å². The van der Waals surface area contributed by atoms with E-state index in [-0.39, 0.29) is 12.2 Å². The number of nitrogens with one attached hydrogen (secondary N) is 1. The molecule has 1 aromatic heterocycles. The number of hydrogen-bond acceptors (Lipinski definition) is 5. The number of aliphatic hydroxyl groups excluding tert-OH is 1. The van der Waals surface area contributed by atoms with Gasteiger partial charge in [0.1, 0.15) is 12.0 Å². The fraction of sp³-hybridized carbons (Fsp3) is 0.500. The number of aromatic nitrogens is 2. The fourth-order valence-corrected chi connectivity index (χ4v) is 3.86. The summed E-state index contributed by atoms with van der Waals surface area (Å²) in [4.78, 5) is 38.6. The first-order chi connectivity index (χ1) is 13.8. The molecule has 3 rings (SSSR count). The number of aliphatic hydroxyl groups is 1. The molecule has 0 amide bonds. The smallest absolute Gasteiger partial charge is 0.330 e. The first-order valence-corrected chi connectivity index (χ1v) is 10.0. The van der Waals surface area contributed by atoms with Crippen molar-refractivity contribution in [2.75, 3.05) is 0 Å². The summed E-state index contributed by atoms with van der Waals surface area (Å²) in [7, 11) is 0. The van der Waals surface area contributed by atoms with Crippen LogP contribution in [-0.2, 0) is 22.4 Å². The fourth-order valence-electron chi connectivity index (χ4n) is 3.86. The van der Waals surface area contributed by atoms with Crippen LogP contribution in [0.1, 0.15) is 54.7 Å². The number of aromatic amines is 1. The van der Waals surface area contributed by atoms with Gasteiger partial charge >= 0.3 is 5.69 Å². The minimum Gasteiger partial charge on any atom is -0.390 e. The van der Waals surface area contributed by atoms with Gasteiger partial charge in [-0.2, -0.15) is 0 Å². The quantitative estimate of drug-likeness (QED) is 0.740. The van der Waals surface area contributed by atoms with Crippen LogP contribution in [0.2, 0.25) is 0 Å². The maximum Gasteiger partial charge on any atom is 0.330 e. The van der Waals surface area contributed by atoms with Crippen LogP contribution in [0.3, 0.4) is 0 Å². The molecule has 29 heavy (non-hydrogen) atoms. The molecule has 0 saturated carbocycles. The van der Waals surface area contributed by atoms with Gasteiger partial charge in [0.2, 0.25) is 0 Å². The van der Waals surface area contributed by atoms with Gasteiger partial charge in [-0.1, -0.05) is 25.1 Å². The van der Waals surface area contributed by atoms with Gasteiger partial charge in [0.05, 0.1) is 12.2 Å². The lowest BCUT2D eigenvalue weighted by molar-refractivity contribution is -0.119. The topological polar surface area (TPSA) is 101 Å². The van der Waals surface area contributed by atoms with E-state index in [1.54, 1.807) is 0 Å². The highest BCUT2D eigenvalue weighted by molar-refractivity contribution is 5.81. The summed E-state index contributed by atoms with van der Waals surface area (Å²) in [5.41, 5.74) is 2.77. The molecule has 0 bridgehead atoms. The van der Waals surface area contributed by atoms with Gasteiger partial charge in [-0.3, -0.25) is 19.1 Å². The lowest BCUT2D eigenvalue weighted by Gasteiger charge is -2.16. The van der Waals surface area contributed by atoms with E-state index in [0.29, 0.717) is 31.2 Å². The molecule has 2 N–H and O–H groups in total. The molecule has 156 valence electrons. The Labute approximate surface area is 169 Å². The number of hydrogen-bond donors (Lipinski definition) is 2. The lowest BCUT2D eigenvalue weighted by Crippen LogP contribution is -2.34. The molecule has 0 radical (unpaired) electrons. The highest BCUT2D eigenvalue weighted by atomic mass is 16.5. The van der Waals surface area contributed by atoms with Crippen LogP contribution in [0.15, 0.2) is 34.0 Å². The number of H-pyrrole nitrogens is 1. The minimum atomic E-state index is -0.767. The average molecular weight is 400 g/mol. The number of aryl methyl sites for hydroxylation is 3. The van der Waals surface area contributed by atoms with E-state index < -0.39 is 29.7 Å². The number of ketones is 1. The van der Waals surface area contributed by atoms with E-state index in [0.717, 1.165) is 16.7 Å². The van der Waals surface area contributed by atoms with Crippen molar-refractivity contribution in [2.45, 2.75) is 71.3 Å². The van der Waals surface area contributed by atoms with Gasteiger partial charge in [0, 0.05) is 31.0 Å². The van der Waals surface area contributed by atoms with Gasteiger partial charge in [-0.25, -0.2) is 4.79 Å². The molecule has 3 atom stereocenters. The molecule has 1 saturated heterocycles. The van der Waals surface area contributed by atoms with Gasteiger partial charge in [0.25, 0.3) is 5.56 Å². The van der Waals surface area contributed by atoms with Crippen molar-refractivity contribution in [1.29, 1.82) is 0 Å². The van der Waals surface area contributed by atoms with Crippen LogP contribution in [0.4, 0.5) is 0 Å². The normalized spacial score (nSPS) is 21.4. The second kappa shape index (κ2) is 8.88. The number of rotatable bonds is 7. The Morgan fingerprint density at radius 3 is 2.62 bits per heavy atom. The van der Waals surface area contributed by atoms with E-state index in [1.807, 2.05) is 39.0 Å². The van der Waals surface area contributed by atoms with E-state index in [9.17, 15) is 19.5 Å². The van der Waals surface area contributed by atoms with E-state index in [1.165, 1.54) is 10.8 Å². The van der Waals surface area contributed by atoms with Crippen LogP contribution in [-0.4, -0.2) is 32.6 Å². The summed E-state index contributed by atoms with van der Waals surface area (Å²) in [6.07, 6.45) is 1.33. The summed E-state index contributed by atoms with van der Waals surface area (Å²) in [6, 6.07) is 5.97. The van der Waals surface area contributed by atoms with Crippen LogP contribution in [0, 0.1) is 13.8 Å². The average Bonchev–Trinajstić information content (AvgIpc) is 3.03. The highest BCUT2D eigenvalue weighted by Crippen LogP contribution is 2.30. The molecule has 7 nitrogen and oxygen atoms in total. The molecular weight excluding hydrogens is 372 g/mol. The zero-order chi connectivity index (χ0) is 21.1. The molecule has 2 heterocycles. The van der Waals surface area contributed by atoms with Crippen molar-refractivity contribution < 1.29 is 14.6 Å². The number of carbonyl (C=O) groups excluding carboxylic acids is 1. The van der Waals surface area contributed by atoms with Crippen LogP contribution < -0.4 is 11.2 Å². The molecule has 1 aliphatic heterocycles. The highest BCUT2D eigenvalue weighted by Gasteiger charge is 2.35. The zero-order valence-corrected chi connectivity index (χ0v) is 17.1. The minimum absolute atomic E-state index is 0.0936. The Morgan fingerprint density at radius 1 is 1.28 bits per heavy atom. The second-order valence-corrected chi connectivity index (χ2v) is 7.73. The molecule has 7 heteroatoms. The van der Waals surface area contributed by atoms with Crippen molar-refractivity contribution >= 4 is 5.78 Å². The van der Waals surface area contributed by atoms with Gasteiger partial charge < -0.3 is 9.84 Å². The van der Waals surface area contributed by atoms with Gasteiger partial charge in [0.15, 0.2) is 0 Å². The number of Topliss-reactive ketones (excluding diaryl/α,β-unsaturated/α-hetero) is 1. The summed E-state index contributed by atoms with van der Waals surface area (Å²) < 4.78 is 7.19. The van der Waals surface area contributed by atoms with Crippen molar-refractivity contribution in [3.8, 4) is 0 Å². The Kier molecular flexibility index (Phi) is 6.49. The third kappa shape index (κ3) is 4.74. The summed E-state index contributed by atoms with van der Waals surface area (Å²) in [5, 5.41) is 10.4. The molecule has 0 unspecified atom stereocenters. The molecule has 0 aliphatic carbocycles. The van der Waals surface area contributed by atoms with Crippen molar-refractivity contribution in [1.82, 2.24) is 9.55 Å². The number of benzene rings is 1. The largest absolute Gasteiger partial charge is 0.390 e. The Morgan fingerprint density at radius 2 is 1.97 bits per heavy atom. The zero-order valence-electron chi connectivity index (χ0n) is 17.1. The molecular formula is C22H28N2O5. The number of ether oxygens (including phenoxy) is 1. The third-order valence-corrected chi connectivity index (χ3v) is 5.66. The summed E-state index contributed by atoms with van der Waals surface area (Å²) in [6.45, 7) is 5.82. The Bertz CT molecular complexity index is 987. The first kappa shape index (κ1) is 21.2. The number of nitrogens with zero attached hydrogens (tertiary/aromatic N) is 1. The van der Waals surface area contributed by atoms with E-state index >= 15 is 0 Å². The monoisotopic (exact) mass is 400 g/mol. The van der Waals surface area contributed by atoms with Crippen LogP contribution in [0.5, 0.6) is 0 Å². The van der Waals surface area contributed by atoms with Crippen molar-refractivity contribution in [2.24, 2.45) is 0 Å². The molecule has 1 fully saturated rings. The second-order valence-electron chi connectivity index (χ2n) is 7.73. The molecule has 1 aliphatic rings. The van der Waals surface area contributed by atoms with E-state index in [2.05, 4.69) is 4.98 Å². The molecule has 2 aromatic rings. The SMILES string of the molecule is CCc1cn([C@H]2C[C@H](O)[C@@H](CCC(=O)Cc3c(C)cccc3C)O2)c(=O)[nH]c1=O. The van der Waals surface area contributed by atoms with Crippen molar-refractivity contribution in [3.63, 3.8) is 0 Å². The first-order valence-electron chi connectivity index (χ1n) is 10.0. The Balaban J connectivity index is 1.63. The lowest BCUT2D eigenvalue weighted by atomic mass is 9.96. The van der Waals surface area contributed by atoms with Crippen molar-refractivity contribution in [3.05, 3.63) is 67.5 Å². The number of carbonyl (C=O) groups is 1. The van der Waals surface area contributed by atoms with Crippen LogP contribution >= 0.6 is 0 Å². The van der Waals surface area contributed by atoms with Crippen LogP contribution in [0.25, 0.3) is 0 Å². The van der Waals surface area contributed by atoms with Gasteiger partial charge in [-0.15, -0.1) is 0 Å². The molecule has 0 spiro atoms. The predicted molar refractivity (Wildman–Crippen MR) is 109 cm³/mol. The maximum absolute atomic E-state index is 12.5. The molecule has 1 aromatic carbocycles.